The molecule has 0 N–H and O–H groups in total. The van der Waals surface area contributed by atoms with Crippen LogP contribution in [0.4, 0.5) is 0 Å². The number of amides is 2. The fraction of sp³-hybridized carbons (Fsp3) is 0.0500. The van der Waals surface area contributed by atoms with Crippen molar-refractivity contribution in [3.8, 4) is 0 Å². The van der Waals surface area contributed by atoms with Crippen molar-refractivity contribution < 1.29 is 19.2 Å². The van der Waals surface area contributed by atoms with Crippen LogP contribution in [0.3, 0.4) is 0 Å². The predicted octanol–water partition coefficient (Wildman–Crippen LogP) is 3.52. The topological polar surface area (TPSA) is 63.7 Å². The highest BCUT2D eigenvalue weighted by atomic mass is 16.7. The first kappa shape index (κ1) is 15.1. The first-order chi connectivity index (χ1) is 12.1. The van der Waals surface area contributed by atoms with Gasteiger partial charge in [0.1, 0.15) is 0 Å². The third-order valence-electron chi connectivity index (χ3n) is 4.27. The summed E-state index contributed by atoms with van der Waals surface area (Å²) in [4.78, 5) is 43.0. The zero-order valence-corrected chi connectivity index (χ0v) is 13.4. The molecule has 1 aliphatic rings. The van der Waals surface area contributed by atoms with E-state index in [9.17, 15) is 14.4 Å². The van der Waals surface area contributed by atoms with Crippen LogP contribution in [0.5, 0.6) is 0 Å². The van der Waals surface area contributed by atoms with Gasteiger partial charge in [-0.2, -0.15) is 0 Å². The second-order valence-corrected chi connectivity index (χ2v) is 5.81. The molecule has 0 aromatic heterocycles. The lowest BCUT2D eigenvalue weighted by molar-refractivity contribution is -0.0621. The minimum Gasteiger partial charge on any atom is -0.324 e. The molecule has 0 aliphatic carbocycles. The van der Waals surface area contributed by atoms with Gasteiger partial charge in [0.15, 0.2) is 0 Å². The lowest BCUT2D eigenvalue weighted by Crippen LogP contribution is -2.41. The summed E-state index contributed by atoms with van der Waals surface area (Å²) in [5.41, 5.74) is 1.68. The van der Waals surface area contributed by atoms with E-state index >= 15 is 0 Å². The molecule has 0 bridgehead atoms. The van der Waals surface area contributed by atoms with Crippen LogP contribution in [0.2, 0.25) is 0 Å². The van der Waals surface area contributed by atoms with Crippen molar-refractivity contribution in [3.05, 3.63) is 82.9 Å². The average molecular weight is 331 g/mol. The normalized spacial score (nSPS) is 13.2. The Morgan fingerprint density at radius 2 is 1.44 bits per heavy atom. The maximum Gasteiger partial charge on any atom is 0.364 e. The molecule has 1 aliphatic heterocycles. The highest BCUT2D eigenvalue weighted by molar-refractivity contribution is 6.25. The van der Waals surface area contributed by atoms with Crippen molar-refractivity contribution >= 4 is 28.6 Å². The van der Waals surface area contributed by atoms with E-state index in [0.29, 0.717) is 32.7 Å². The molecule has 4 rings (SSSR count). The van der Waals surface area contributed by atoms with Crippen LogP contribution in [-0.4, -0.2) is 22.8 Å². The van der Waals surface area contributed by atoms with Gasteiger partial charge in [0.2, 0.25) is 0 Å². The second-order valence-electron chi connectivity index (χ2n) is 5.81. The molecule has 3 aromatic rings. The van der Waals surface area contributed by atoms with E-state index in [-0.39, 0.29) is 0 Å². The van der Waals surface area contributed by atoms with Gasteiger partial charge in [-0.1, -0.05) is 47.5 Å². The Hall–Kier alpha value is -3.47. The highest BCUT2D eigenvalue weighted by Crippen LogP contribution is 2.30. The van der Waals surface area contributed by atoms with Crippen molar-refractivity contribution in [3.63, 3.8) is 0 Å². The van der Waals surface area contributed by atoms with Gasteiger partial charge >= 0.3 is 5.97 Å². The summed E-state index contributed by atoms with van der Waals surface area (Å²) in [6.45, 7) is 1.76. The first-order valence-corrected chi connectivity index (χ1v) is 7.76. The van der Waals surface area contributed by atoms with Gasteiger partial charge in [0.25, 0.3) is 11.8 Å². The molecule has 122 valence electrons. The number of benzene rings is 3. The van der Waals surface area contributed by atoms with Gasteiger partial charge in [-0.15, -0.1) is 0 Å². The van der Waals surface area contributed by atoms with Gasteiger partial charge < -0.3 is 4.84 Å². The fourth-order valence-corrected chi connectivity index (χ4v) is 3.03. The molecule has 0 saturated heterocycles. The molecule has 5 heteroatoms. The summed E-state index contributed by atoms with van der Waals surface area (Å²) in [7, 11) is 0. The standard InChI is InChI=1S/C20H13NO4/c1-12-6-2-3-9-14(12)20(24)25-21-18(22)15-10-4-7-13-8-5-11-16(17(13)15)19(21)23/h2-11H,1H3. The van der Waals surface area contributed by atoms with E-state index in [0.717, 1.165) is 5.39 Å². The SMILES string of the molecule is Cc1ccccc1C(=O)ON1C(=O)c2cccc3cccc(c23)C1=O. The van der Waals surface area contributed by atoms with Crippen LogP contribution in [-0.2, 0) is 4.84 Å². The monoisotopic (exact) mass is 331 g/mol. The molecule has 2 amide bonds. The Kier molecular flexibility index (Phi) is 3.35. The molecule has 25 heavy (non-hydrogen) atoms. The molecular weight excluding hydrogens is 318 g/mol. The van der Waals surface area contributed by atoms with Gasteiger partial charge in [-0.05, 0) is 36.1 Å². The van der Waals surface area contributed by atoms with E-state index in [1.807, 2.05) is 12.1 Å². The van der Waals surface area contributed by atoms with Crippen molar-refractivity contribution in [1.29, 1.82) is 0 Å². The lowest BCUT2D eigenvalue weighted by atomic mass is 9.95. The molecule has 0 spiro atoms. The molecule has 1 heterocycles. The lowest BCUT2D eigenvalue weighted by Gasteiger charge is -2.25. The minimum absolute atomic E-state index is 0.306. The number of nitrogens with zero attached hydrogens (tertiary/aromatic N) is 1. The Morgan fingerprint density at radius 1 is 0.840 bits per heavy atom. The number of carbonyl (C=O) groups is 3. The number of imide groups is 1. The summed E-state index contributed by atoms with van der Waals surface area (Å²) >= 11 is 0. The maximum atomic E-state index is 12.7. The van der Waals surface area contributed by atoms with E-state index in [2.05, 4.69) is 0 Å². The van der Waals surface area contributed by atoms with Crippen molar-refractivity contribution in [1.82, 2.24) is 5.06 Å². The van der Waals surface area contributed by atoms with Gasteiger partial charge in [0.05, 0.1) is 16.7 Å². The maximum absolute atomic E-state index is 12.7. The predicted molar refractivity (Wildman–Crippen MR) is 91.0 cm³/mol. The summed E-state index contributed by atoms with van der Waals surface area (Å²) in [6, 6.07) is 17.2. The summed E-state index contributed by atoms with van der Waals surface area (Å²) in [5.74, 6) is -2.03. The van der Waals surface area contributed by atoms with Crippen LogP contribution in [0.1, 0.15) is 36.6 Å². The molecular formula is C20H13NO4. The Labute approximate surface area is 143 Å². The molecule has 3 aromatic carbocycles. The number of aryl methyl sites for hydroxylation is 1. The number of hydrogen-bond donors (Lipinski definition) is 0. The quantitative estimate of drug-likeness (QED) is 0.674. The van der Waals surface area contributed by atoms with Crippen LogP contribution >= 0.6 is 0 Å². The van der Waals surface area contributed by atoms with Crippen LogP contribution in [0.25, 0.3) is 10.8 Å². The van der Waals surface area contributed by atoms with Gasteiger partial charge in [-0.25, -0.2) is 4.79 Å². The molecule has 0 saturated carbocycles. The van der Waals surface area contributed by atoms with E-state index in [1.54, 1.807) is 55.5 Å². The molecule has 0 unspecified atom stereocenters. The van der Waals surface area contributed by atoms with Crippen molar-refractivity contribution in [2.24, 2.45) is 0 Å². The summed E-state index contributed by atoms with van der Waals surface area (Å²) in [6.07, 6.45) is 0. The van der Waals surface area contributed by atoms with Crippen LogP contribution < -0.4 is 0 Å². The van der Waals surface area contributed by atoms with Crippen LogP contribution in [0, 0.1) is 6.92 Å². The van der Waals surface area contributed by atoms with Crippen molar-refractivity contribution in [2.45, 2.75) is 6.92 Å². The molecule has 5 nitrogen and oxygen atoms in total. The van der Waals surface area contributed by atoms with E-state index in [1.165, 1.54) is 0 Å². The fourth-order valence-electron chi connectivity index (χ4n) is 3.03. The number of hydroxylamine groups is 2. The Bertz CT molecular complexity index is 1000. The highest BCUT2D eigenvalue weighted by Gasteiger charge is 2.36. The smallest absolute Gasteiger partial charge is 0.324 e. The second kappa shape index (κ2) is 5.56. The first-order valence-electron chi connectivity index (χ1n) is 7.76. The van der Waals surface area contributed by atoms with Crippen LogP contribution in [0.15, 0.2) is 60.7 Å². The van der Waals surface area contributed by atoms with E-state index in [4.69, 9.17) is 4.84 Å². The van der Waals surface area contributed by atoms with Crippen molar-refractivity contribution in [2.75, 3.05) is 0 Å². The van der Waals surface area contributed by atoms with E-state index < -0.39 is 17.8 Å². The summed E-state index contributed by atoms with van der Waals surface area (Å²) in [5, 5.41) is 1.93. The molecule has 0 atom stereocenters. The third kappa shape index (κ3) is 2.29. The zero-order chi connectivity index (χ0) is 17.6. The van der Waals surface area contributed by atoms with Gasteiger partial charge in [0, 0.05) is 5.39 Å². The number of carbonyl (C=O) groups excluding carboxylic acids is 3. The van der Waals surface area contributed by atoms with Gasteiger partial charge in [-0.3, -0.25) is 9.59 Å². The Balaban J connectivity index is 1.76. The summed E-state index contributed by atoms with van der Waals surface area (Å²) < 4.78 is 0. The third-order valence-corrected chi connectivity index (χ3v) is 4.27. The Morgan fingerprint density at radius 3 is 2.04 bits per heavy atom. The average Bonchev–Trinajstić information content (AvgIpc) is 2.63. The minimum atomic E-state index is -0.744. The number of rotatable bonds is 2. The molecule has 0 fully saturated rings. The zero-order valence-electron chi connectivity index (χ0n) is 13.4. The number of hydrogen-bond acceptors (Lipinski definition) is 4. The largest absolute Gasteiger partial charge is 0.364 e. The molecule has 0 radical (unpaired) electrons.